The number of amides is 1. The van der Waals surface area contributed by atoms with Crippen LogP contribution in [0.3, 0.4) is 0 Å². The lowest BCUT2D eigenvalue weighted by Gasteiger charge is -2.39. The first-order chi connectivity index (χ1) is 13.0. The number of nitrogens with two attached hydrogens (primary N) is 1. The summed E-state index contributed by atoms with van der Waals surface area (Å²) in [5, 5.41) is 13.9. The van der Waals surface area contributed by atoms with Gasteiger partial charge in [0.05, 0.1) is 12.6 Å². The minimum atomic E-state index is -0.316. The molecule has 2 aliphatic rings. The Morgan fingerprint density at radius 1 is 1.19 bits per heavy atom. The molecule has 1 heterocycles. The zero-order chi connectivity index (χ0) is 19.3. The van der Waals surface area contributed by atoms with Crippen LogP contribution in [0.2, 0.25) is 0 Å². The summed E-state index contributed by atoms with van der Waals surface area (Å²) in [7, 11) is 2.15. The number of nitrogens with zero attached hydrogens (tertiary/aromatic N) is 2. The molecule has 1 aromatic carbocycles. The molecule has 0 bridgehead atoms. The van der Waals surface area contributed by atoms with Gasteiger partial charge in [0.2, 0.25) is 5.91 Å². The number of piperazine rings is 1. The summed E-state index contributed by atoms with van der Waals surface area (Å²) in [6, 6.07) is 10.6. The Morgan fingerprint density at radius 3 is 2.52 bits per heavy atom. The van der Waals surface area contributed by atoms with Gasteiger partial charge in [0, 0.05) is 44.2 Å². The van der Waals surface area contributed by atoms with Crippen molar-refractivity contribution in [3.8, 4) is 0 Å². The molecule has 1 aromatic rings. The second kappa shape index (κ2) is 9.15. The van der Waals surface area contributed by atoms with Crippen LogP contribution in [-0.2, 0) is 10.2 Å². The molecule has 2 fully saturated rings. The first-order valence-electron chi connectivity index (χ1n) is 10.2. The molecule has 4 N–H and O–H groups in total. The molecule has 0 unspecified atom stereocenters. The van der Waals surface area contributed by atoms with E-state index in [-0.39, 0.29) is 30.0 Å². The minimum Gasteiger partial charge on any atom is -0.391 e. The Hall–Kier alpha value is -1.47. The highest BCUT2D eigenvalue weighted by molar-refractivity contribution is 5.77. The van der Waals surface area contributed by atoms with E-state index >= 15 is 0 Å². The number of aliphatic hydroxyl groups excluding tert-OH is 1. The molecule has 1 aliphatic carbocycles. The maximum absolute atomic E-state index is 11.8. The Morgan fingerprint density at radius 2 is 1.85 bits per heavy atom. The van der Waals surface area contributed by atoms with Crippen LogP contribution in [0, 0.1) is 0 Å². The summed E-state index contributed by atoms with van der Waals surface area (Å²) in [5.74, 6) is -0.120. The van der Waals surface area contributed by atoms with Crippen molar-refractivity contribution in [1.82, 2.24) is 15.1 Å². The van der Waals surface area contributed by atoms with Gasteiger partial charge < -0.3 is 21.1 Å². The van der Waals surface area contributed by atoms with Gasteiger partial charge in [-0.25, -0.2) is 0 Å². The summed E-state index contributed by atoms with van der Waals surface area (Å²) < 4.78 is 0. The second-order valence-corrected chi connectivity index (χ2v) is 8.18. The van der Waals surface area contributed by atoms with Crippen molar-refractivity contribution in [1.29, 1.82) is 0 Å². The van der Waals surface area contributed by atoms with E-state index in [2.05, 4.69) is 46.4 Å². The molecular formula is C21H34N4O2. The Labute approximate surface area is 162 Å². The number of likely N-dealkylation sites (N-methyl/N-ethyl adjacent to an activating group) is 1. The molecule has 0 radical (unpaired) electrons. The van der Waals surface area contributed by atoms with Crippen molar-refractivity contribution in [2.75, 3.05) is 46.3 Å². The zero-order valence-electron chi connectivity index (χ0n) is 16.4. The van der Waals surface area contributed by atoms with E-state index in [9.17, 15) is 9.90 Å². The fourth-order valence-electron chi connectivity index (χ4n) is 4.64. The maximum atomic E-state index is 11.8. The summed E-state index contributed by atoms with van der Waals surface area (Å²) in [4.78, 5) is 16.6. The van der Waals surface area contributed by atoms with Crippen molar-refractivity contribution in [3.05, 3.63) is 35.9 Å². The molecule has 6 heteroatoms. The Kier molecular flexibility index (Phi) is 6.87. The molecule has 150 valence electrons. The first kappa shape index (κ1) is 20.3. The highest BCUT2D eigenvalue weighted by Crippen LogP contribution is 2.39. The molecule has 0 aromatic heterocycles. The second-order valence-electron chi connectivity index (χ2n) is 8.18. The molecule has 1 saturated carbocycles. The van der Waals surface area contributed by atoms with Crippen molar-refractivity contribution < 1.29 is 9.90 Å². The van der Waals surface area contributed by atoms with Gasteiger partial charge in [0.15, 0.2) is 0 Å². The van der Waals surface area contributed by atoms with E-state index in [1.165, 1.54) is 5.56 Å². The van der Waals surface area contributed by atoms with Gasteiger partial charge in [-0.1, -0.05) is 30.3 Å². The summed E-state index contributed by atoms with van der Waals surface area (Å²) >= 11 is 0. The number of benzene rings is 1. The first-order valence-corrected chi connectivity index (χ1v) is 10.2. The van der Waals surface area contributed by atoms with Crippen molar-refractivity contribution in [2.45, 2.75) is 43.2 Å². The van der Waals surface area contributed by atoms with E-state index in [1.54, 1.807) is 0 Å². The smallest absolute Gasteiger partial charge is 0.233 e. The molecule has 3 rings (SSSR count). The summed E-state index contributed by atoms with van der Waals surface area (Å²) in [6.45, 7) is 4.73. The van der Waals surface area contributed by atoms with Crippen molar-refractivity contribution in [3.63, 3.8) is 0 Å². The topological polar surface area (TPSA) is 81.8 Å². The third-order valence-electron chi connectivity index (χ3n) is 6.48. The number of carbonyl (C=O) groups excluding carboxylic acids is 1. The summed E-state index contributed by atoms with van der Waals surface area (Å²) in [5.41, 5.74) is 6.59. The molecule has 27 heavy (non-hydrogen) atoms. The lowest BCUT2D eigenvalue weighted by atomic mass is 9.74. The average Bonchev–Trinajstić information content (AvgIpc) is 2.87. The molecule has 1 aliphatic heterocycles. The van der Waals surface area contributed by atoms with Crippen LogP contribution >= 0.6 is 0 Å². The number of carbonyl (C=O) groups is 1. The molecular weight excluding hydrogens is 340 g/mol. The lowest BCUT2D eigenvalue weighted by molar-refractivity contribution is -0.120. The van der Waals surface area contributed by atoms with E-state index in [1.807, 2.05) is 6.07 Å². The predicted octanol–water partition coefficient (Wildman–Crippen LogP) is 0.550. The summed E-state index contributed by atoms with van der Waals surface area (Å²) in [6.07, 6.45) is 3.20. The van der Waals surface area contributed by atoms with Gasteiger partial charge in [-0.2, -0.15) is 0 Å². The fraction of sp³-hybridized carbons (Fsp3) is 0.667. The molecule has 3 atom stereocenters. The monoisotopic (exact) mass is 374 g/mol. The highest BCUT2D eigenvalue weighted by atomic mass is 16.3. The largest absolute Gasteiger partial charge is 0.391 e. The molecule has 1 amide bonds. The van der Waals surface area contributed by atoms with E-state index in [0.717, 1.165) is 51.9 Å². The number of hydrogen-bond acceptors (Lipinski definition) is 5. The van der Waals surface area contributed by atoms with E-state index < -0.39 is 0 Å². The van der Waals surface area contributed by atoms with Crippen molar-refractivity contribution in [2.24, 2.45) is 5.73 Å². The molecule has 6 nitrogen and oxygen atoms in total. The third kappa shape index (κ3) is 4.88. The number of rotatable bonds is 5. The van der Waals surface area contributed by atoms with Gasteiger partial charge in [-0.3, -0.25) is 9.69 Å². The van der Waals surface area contributed by atoms with Crippen LogP contribution in [-0.4, -0.2) is 79.3 Å². The fourth-order valence-corrected chi connectivity index (χ4v) is 4.64. The SMILES string of the molecule is CN1CCN([C@H]2CC[C@](CNC(=O)CN)(c3ccccc3)CC[C@@H]2O)CC1. The molecule has 0 spiro atoms. The van der Waals surface area contributed by atoms with Crippen LogP contribution in [0.15, 0.2) is 30.3 Å². The zero-order valence-corrected chi connectivity index (χ0v) is 16.4. The highest BCUT2D eigenvalue weighted by Gasteiger charge is 2.40. The van der Waals surface area contributed by atoms with Gasteiger partial charge in [0.1, 0.15) is 0 Å². The minimum absolute atomic E-state index is 0.0113. The maximum Gasteiger partial charge on any atom is 0.233 e. The number of nitrogens with one attached hydrogen (secondary N) is 1. The number of hydrogen-bond donors (Lipinski definition) is 3. The van der Waals surface area contributed by atoms with Crippen LogP contribution in [0.1, 0.15) is 31.2 Å². The average molecular weight is 375 g/mol. The Balaban J connectivity index is 1.77. The van der Waals surface area contributed by atoms with Crippen molar-refractivity contribution >= 4 is 5.91 Å². The lowest BCUT2D eigenvalue weighted by Crippen LogP contribution is -2.52. The normalized spacial score (nSPS) is 30.6. The molecule has 1 saturated heterocycles. The van der Waals surface area contributed by atoms with E-state index in [4.69, 9.17) is 5.73 Å². The van der Waals surface area contributed by atoms with Gasteiger partial charge in [-0.15, -0.1) is 0 Å². The van der Waals surface area contributed by atoms with Crippen LogP contribution in [0.25, 0.3) is 0 Å². The van der Waals surface area contributed by atoms with Gasteiger partial charge in [-0.05, 0) is 38.3 Å². The third-order valence-corrected chi connectivity index (χ3v) is 6.48. The van der Waals surface area contributed by atoms with Crippen LogP contribution in [0.5, 0.6) is 0 Å². The Bertz CT molecular complexity index is 603. The quantitative estimate of drug-likeness (QED) is 0.656. The van der Waals surface area contributed by atoms with Gasteiger partial charge in [0.25, 0.3) is 0 Å². The van der Waals surface area contributed by atoms with Crippen LogP contribution in [0.4, 0.5) is 0 Å². The van der Waals surface area contributed by atoms with Gasteiger partial charge >= 0.3 is 0 Å². The van der Waals surface area contributed by atoms with E-state index in [0.29, 0.717) is 6.54 Å². The van der Waals surface area contributed by atoms with Crippen LogP contribution < -0.4 is 11.1 Å². The predicted molar refractivity (Wildman–Crippen MR) is 108 cm³/mol. The standard InChI is InChI=1S/C21H34N4O2/c1-24-11-13-25(14-12-24)18-7-9-21(10-8-19(18)26,16-23-20(27)15-22)17-5-3-2-4-6-17/h2-6,18-19,26H,7-16,22H2,1H3,(H,23,27)/t18-,19-,21-/m0/s1. The number of aliphatic hydroxyl groups is 1.